The Bertz CT molecular complexity index is 695. The molecule has 0 aliphatic carbocycles. The summed E-state index contributed by atoms with van der Waals surface area (Å²) in [6.07, 6.45) is 0. The van der Waals surface area contributed by atoms with Gasteiger partial charge >= 0.3 is 5.69 Å². The maximum Gasteiger partial charge on any atom is 0.305 e. The van der Waals surface area contributed by atoms with Gasteiger partial charge in [-0.1, -0.05) is 18.2 Å². The lowest BCUT2D eigenvalue weighted by Crippen LogP contribution is -1.99. The van der Waals surface area contributed by atoms with Gasteiger partial charge in [-0.3, -0.25) is 10.1 Å². The number of hydrogen-bond acceptors (Lipinski definition) is 4. The van der Waals surface area contributed by atoms with E-state index in [2.05, 4.69) is 0 Å². The molecule has 0 aliphatic rings. The standard InChI is InChI=1S/C14H9FN2O3/c15-13-7-12(5-6-14(13)17(18)19)20-9-11-4-2-1-3-10(11)8-16/h1-7H,9H2. The van der Waals surface area contributed by atoms with Crippen LogP contribution in [0.5, 0.6) is 5.75 Å². The molecule has 0 heterocycles. The van der Waals surface area contributed by atoms with Crippen molar-refractivity contribution in [1.82, 2.24) is 0 Å². The molecule has 0 fully saturated rings. The Morgan fingerprint density at radius 2 is 2.05 bits per heavy atom. The van der Waals surface area contributed by atoms with Gasteiger partial charge in [0.05, 0.1) is 16.6 Å². The van der Waals surface area contributed by atoms with Gasteiger partial charge in [-0.05, 0) is 12.1 Å². The van der Waals surface area contributed by atoms with E-state index in [0.717, 1.165) is 12.1 Å². The summed E-state index contributed by atoms with van der Waals surface area (Å²) in [6, 6.07) is 12.2. The van der Waals surface area contributed by atoms with Crippen molar-refractivity contribution in [3.63, 3.8) is 0 Å². The first-order valence-electron chi connectivity index (χ1n) is 5.66. The van der Waals surface area contributed by atoms with Gasteiger partial charge in [0, 0.05) is 17.7 Å². The predicted octanol–water partition coefficient (Wildman–Crippen LogP) is 3.18. The van der Waals surface area contributed by atoms with Crippen molar-refractivity contribution in [3.8, 4) is 11.8 Å². The fourth-order valence-electron chi connectivity index (χ4n) is 1.64. The second kappa shape index (κ2) is 5.80. The van der Waals surface area contributed by atoms with Crippen molar-refractivity contribution < 1.29 is 14.1 Å². The number of nitriles is 1. The lowest BCUT2D eigenvalue weighted by atomic mass is 10.1. The number of nitro groups is 1. The van der Waals surface area contributed by atoms with Gasteiger partial charge in [-0.2, -0.15) is 9.65 Å². The van der Waals surface area contributed by atoms with Crippen molar-refractivity contribution in [2.45, 2.75) is 6.61 Å². The number of nitro benzene ring substituents is 1. The Balaban J connectivity index is 2.14. The Morgan fingerprint density at radius 1 is 1.30 bits per heavy atom. The maximum absolute atomic E-state index is 13.4. The van der Waals surface area contributed by atoms with E-state index >= 15 is 0 Å². The molecule has 0 N–H and O–H groups in total. The van der Waals surface area contributed by atoms with Crippen LogP contribution in [-0.4, -0.2) is 4.92 Å². The molecule has 2 aromatic carbocycles. The van der Waals surface area contributed by atoms with Crippen LogP contribution in [-0.2, 0) is 6.61 Å². The molecule has 0 saturated heterocycles. The van der Waals surface area contributed by atoms with Crippen LogP contribution in [0.1, 0.15) is 11.1 Å². The minimum atomic E-state index is -0.957. The second-order valence-electron chi connectivity index (χ2n) is 3.93. The molecule has 0 bridgehead atoms. The Kier molecular flexibility index (Phi) is 3.91. The van der Waals surface area contributed by atoms with Crippen LogP contribution in [0.4, 0.5) is 10.1 Å². The highest BCUT2D eigenvalue weighted by atomic mass is 19.1. The predicted molar refractivity (Wildman–Crippen MR) is 68.5 cm³/mol. The largest absolute Gasteiger partial charge is 0.489 e. The first-order chi connectivity index (χ1) is 9.61. The van der Waals surface area contributed by atoms with Gasteiger partial charge in [0.15, 0.2) is 0 Å². The summed E-state index contributed by atoms with van der Waals surface area (Å²) in [6.45, 7) is 0.0843. The van der Waals surface area contributed by atoms with Crippen molar-refractivity contribution in [1.29, 1.82) is 5.26 Å². The average molecular weight is 272 g/mol. The molecule has 0 radical (unpaired) electrons. The fraction of sp³-hybridized carbons (Fsp3) is 0.0714. The summed E-state index contributed by atoms with van der Waals surface area (Å²) >= 11 is 0. The van der Waals surface area contributed by atoms with Crippen LogP contribution < -0.4 is 4.74 Å². The third kappa shape index (κ3) is 2.90. The van der Waals surface area contributed by atoms with E-state index in [-0.39, 0.29) is 12.4 Å². The van der Waals surface area contributed by atoms with E-state index in [9.17, 15) is 14.5 Å². The number of halogens is 1. The quantitative estimate of drug-likeness (QED) is 0.632. The molecule has 100 valence electrons. The summed E-state index contributed by atoms with van der Waals surface area (Å²) in [5, 5.41) is 19.4. The summed E-state index contributed by atoms with van der Waals surface area (Å²) in [5.74, 6) is -0.790. The van der Waals surface area contributed by atoms with E-state index in [1.165, 1.54) is 6.07 Å². The third-order valence-electron chi connectivity index (χ3n) is 2.65. The van der Waals surface area contributed by atoms with Gasteiger partial charge in [0.2, 0.25) is 5.82 Å². The smallest absolute Gasteiger partial charge is 0.305 e. The number of ether oxygens (including phenoxy) is 1. The van der Waals surface area contributed by atoms with Crippen LogP contribution >= 0.6 is 0 Å². The molecule has 2 aromatic rings. The number of rotatable bonds is 4. The van der Waals surface area contributed by atoms with Crippen LogP contribution in [0, 0.1) is 27.3 Å². The van der Waals surface area contributed by atoms with Crippen LogP contribution in [0.2, 0.25) is 0 Å². The normalized spacial score (nSPS) is 9.80. The zero-order chi connectivity index (χ0) is 14.5. The monoisotopic (exact) mass is 272 g/mol. The van der Waals surface area contributed by atoms with E-state index in [0.29, 0.717) is 11.1 Å². The van der Waals surface area contributed by atoms with E-state index in [4.69, 9.17) is 10.00 Å². The fourth-order valence-corrected chi connectivity index (χ4v) is 1.64. The molecular formula is C14H9FN2O3. The Labute approximate surface area is 114 Å². The van der Waals surface area contributed by atoms with E-state index in [1.54, 1.807) is 24.3 Å². The van der Waals surface area contributed by atoms with E-state index in [1.807, 2.05) is 6.07 Å². The van der Waals surface area contributed by atoms with Gasteiger partial charge < -0.3 is 4.74 Å². The molecule has 0 unspecified atom stereocenters. The number of benzene rings is 2. The van der Waals surface area contributed by atoms with Crippen molar-refractivity contribution >= 4 is 5.69 Å². The lowest BCUT2D eigenvalue weighted by molar-refractivity contribution is -0.387. The van der Waals surface area contributed by atoms with Crippen molar-refractivity contribution in [2.24, 2.45) is 0 Å². The molecule has 0 aromatic heterocycles. The zero-order valence-corrected chi connectivity index (χ0v) is 10.2. The average Bonchev–Trinajstić information content (AvgIpc) is 2.45. The third-order valence-corrected chi connectivity index (χ3v) is 2.65. The minimum absolute atomic E-state index is 0.0843. The molecule has 0 atom stereocenters. The molecule has 0 amide bonds. The molecule has 5 nitrogen and oxygen atoms in total. The summed E-state index contributed by atoms with van der Waals surface area (Å²) in [7, 11) is 0. The summed E-state index contributed by atoms with van der Waals surface area (Å²) in [5.41, 5.74) is 0.526. The SMILES string of the molecule is N#Cc1ccccc1COc1ccc([N+](=O)[O-])c(F)c1. The van der Waals surface area contributed by atoms with Gasteiger partial charge in [0.1, 0.15) is 12.4 Å². The topological polar surface area (TPSA) is 76.2 Å². The molecule has 0 saturated carbocycles. The van der Waals surface area contributed by atoms with Crippen LogP contribution in [0.15, 0.2) is 42.5 Å². The Morgan fingerprint density at radius 3 is 2.70 bits per heavy atom. The zero-order valence-electron chi connectivity index (χ0n) is 10.2. The van der Waals surface area contributed by atoms with Crippen LogP contribution in [0.25, 0.3) is 0 Å². The minimum Gasteiger partial charge on any atom is -0.489 e. The van der Waals surface area contributed by atoms with E-state index < -0.39 is 16.4 Å². The second-order valence-corrected chi connectivity index (χ2v) is 3.93. The number of nitrogens with zero attached hydrogens (tertiary/aromatic N) is 2. The van der Waals surface area contributed by atoms with Gasteiger partial charge in [0.25, 0.3) is 0 Å². The van der Waals surface area contributed by atoms with Crippen molar-refractivity contribution in [2.75, 3.05) is 0 Å². The summed E-state index contributed by atoms with van der Waals surface area (Å²) < 4.78 is 18.7. The summed E-state index contributed by atoms with van der Waals surface area (Å²) in [4.78, 5) is 9.68. The molecule has 0 spiro atoms. The molecular weight excluding hydrogens is 263 g/mol. The van der Waals surface area contributed by atoms with Crippen LogP contribution in [0.3, 0.4) is 0 Å². The highest BCUT2D eigenvalue weighted by Gasteiger charge is 2.14. The highest BCUT2D eigenvalue weighted by Crippen LogP contribution is 2.23. The van der Waals surface area contributed by atoms with Gasteiger partial charge in [-0.25, -0.2) is 0 Å². The van der Waals surface area contributed by atoms with Crippen molar-refractivity contribution in [3.05, 3.63) is 69.5 Å². The first kappa shape index (κ1) is 13.5. The maximum atomic E-state index is 13.4. The molecule has 6 heteroatoms. The number of hydrogen-bond donors (Lipinski definition) is 0. The first-order valence-corrected chi connectivity index (χ1v) is 5.66. The Hall–Kier alpha value is -2.94. The van der Waals surface area contributed by atoms with Gasteiger partial charge in [-0.15, -0.1) is 0 Å². The molecule has 0 aliphatic heterocycles. The highest BCUT2D eigenvalue weighted by molar-refractivity contribution is 5.39. The lowest BCUT2D eigenvalue weighted by Gasteiger charge is -2.07. The molecule has 20 heavy (non-hydrogen) atoms. The molecule has 2 rings (SSSR count).